The van der Waals surface area contributed by atoms with Gasteiger partial charge in [-0.05, 0) is 48.6 Å². The number of amides is 1. The van der Waals surface area contributed by atoms with Crippen molar-refractivity contribution in [3.8, 4) is 0 Å². The Labute approximate surface area is 205 Å². The lowest BCUT2D eigenvalue weighted by Gasteiger charge is -2.15. The molecule has 0 bridgehead atoms. The Morgan fingerprint density at radius 3 is 2.40 bits per heavy atom. The van der Waals surface area contributed by atoms with Gasteiger partial charge in [-0.15, -0.1) is 0 Å². The number of nitrogens with zero attached hydrogens (tertiary/aromatic N) is 2. The molecule has 6 heteroatoms. The highest BCUT2D eigenvalue weighted by molar-refractivity contribution is 5.97. The minimum absolute atomic E-state index is 0.0956. The fourth-order valence-corrected chi connectivity index (χ4v) is 4.37. The van der Waals surface area contributed by atoms with E-state index in [9.17, 15) is 9.59 Å². The zero-order chi connectivity index (χ0) is 24.6. The van der Waals surface area contributed by atoms with Gasteiger partial charge in [0.25, 0.3) is 5.91 Å². The van der Waals surface area contributed by atoms with E-state index in [0.29, 0.717) is 5.56 Å². The van der Waals surface area contributed by atoms with Gasteiger partial charge in [0.05, 0.1) is 17.5 Å². The molecule has 0 aliphatic rings. The summed E-state index contributed by atoms with van der Waals surface area (Å²) in [5.74, 6) is -0.144. The molecule has 1 amide bonds. The maximum Gasteiger partial charge on any atom is 0.305 e. The third-order valence-electron chi connectivity index (χ3n) is 6.29. The number of unbranched alkanes of at least 4 members (excludes halogenated alkanes) is 1. The van der Waals surface area contributed by atoms with E-state index in [-0.39, 0.29) is 24.8 Å². The van der Waals surface area contributed by atoms with Gasteiger partial charge in [-0.1, -0.05) is 67.6 Å². The standard InChI is InChI=1S/C29H31N3O3/c1-21(23-13-6-3-7-14-23)28-31-25-20-24(29(35)30-18-17-27(33)34)15-16-26(25)32(28)19-9-8-12-22-10-4-2-5-11-22/h2-7,10-11,13-16,20-21H,8-9,12,17-19H2,1H3,(H,30,35)(H,33,34). The van der Waals surface area contributed by atoms with Crippen molar-refractivity contribution in [1.29, 1.82) is 0 Å². The molecule has 1 heterocycles. The van der Waals surface area contributed by atoms with Crippen molar-refractivity contribution in [1.82, 2.24) is 14.9 Å². The molecule has 0 spiro atoms. The zero-order valence-corrected chi connectivity index (χ0v) is 20.0. The molecule has 4 rings (SSSR count). The van der Waals surface area contributed by atoms with Gasteiger partial charge in [0.2, 0.25) is 0 Å². The Hall–Kier alpha value is -3.93. The molecule has 1 atom stereocenters. The Balaban J connectivity index is 1.57. The van der Waals surface area contributed by atoms with E-state index in [2.05, 4.69) is 53.2 Å². The second kappa shape index (κ2) is 11.5. The fraction of sp³-hybridized carbons (Fsp3) is 0.276. The number of carbonyl (C=O) groups excluding carboxylic acids is 1. The highest BCUT2D eigenvalue weighted by Crippen LogP contribution is 2.28. The normalized spacial score (nSPS) is 11.9. The largest absolute Gasteiger partial charge is 0.481 e. The smallest absolute Gasteiger partial charge is 0.305 e. The summed E-state index contributed by atoms with van der Waals surface area (Å²) < 4.78 is 2.28. The zero-order valence-electron chi connectivity index (χ0n) is 20.0. The van der Waals surface area contributed by atoms with Crippen LogP contribution in [0, 0.1) is 0 Å². The third kappa shape index (κ3) is 6.15. The minimum atomic E-state index is -0.939. The molecule has 3 aromatic carbocycles. The van der Waals surface area contributed by atoms with E-state index in [1.54, 1.807) is 12.1 Å². The summed E-state index contributed by atoms with van der Waals surface area (Å²) in [7, 11) is 0. The number of carbonyl (C=O) groups is 2. The molecule has 0 radical (unpaired) electrons. The van der Waals surface area contributed by atoms with Crippen LogP contribution in [0.25, 0.3) is 11.0 Å². The van der Waals surface area contributed by atoms with Crippen LogP contribution in [0.4, 0.5) is 0 Å². The first-order valence-electron chi connectivity index (χ1n) is 12.1. The SMILES string of the molecule is CC(c1ccccc1)c1nc2cc(C(=O)NCCC(=O)O)ccc2n1CCCCc1ccccc1. The van der Waals surface area contributed by atoms with Crippen LogP contribution >= 0.6 is 0 Å². The van der Waals surface area contributed by atoms with Crippen LogP contribution in [0.5, 0.6) is 0 Å². The predicted octanol–water partition coefficient (Wildman–Crippen LogP) is 5.42. The number of fused-ring (bicyclic) bond motifs is 1. The summed E-state index contributed by atoms with van der Waals surface area (Å²) in [4.78, 5) is 28.2. The number of carboxylic acid groups (broad SMARTS) is 1. The van der Waals surface area contributed by atoms with E-state index in [0.717, 1.165) is 42.7 Å². The average Bonchev–Trinajstić information content (AvgIpc) is 3.24. The topological polar surface area (TPSA) is 84.2 Å². The van der Waals surface area contributed by atoms with E-state index in [4.69, 9.17) is 10.1 Å². The van der Waals surface area contributed by atoms with Gasteiger partial charge in [0.15, 0.2) is 0 Å². The number of carboxylic acids is 1. The molecule has 180 valence electrons. The molecule has 0 aliphatic carbocycles. The molecular formula is C29H31N3O3. The van der Waals surface area contributed by atoms with Crippen molar-refractivity contribution < 1.29 is 14.7 Å². The van der Waals surface area contributed by atoms with Gasteiger partial charge in [-0.2, -0.15) is 0 Å². The average molecular weight is 470 g/mol. The van der Waals surface area contributed by atoms with Crippen LogP contribution in [-0.2, 0) is 17.8 Å². The third-order valence-corrected chi connectivity index (χ3v) is 6.29. The summed E-state index contributed by atoms with van der Waals surface area (Å²) in [6, 6.07) is 26.4. The molecule has 0 aliphatic heterocycles. The molecule has 35 heavy (non-hydrogen) atoms. The van der Waals surface area contributed by atoms with Gasteiger partial charge in [0, 0.05) is 24.6 Å². The Morgan fingerprint density at radius 1 is 0.971 bits per heavy atom. The first-order chi connectivity index (χ1) is 17.0. The van der Waals surface area contributed by atoms with E-state index >= 15 is 0 Å². The van der Waals surface area contributed by atoms with Crippen molar-refractivity contribution >= 4 is 22.9 Å². The monoisotopic (exact) mass is 469 g/mol. The van der Waals surface area contributed by atoms with Gasteiger partial charge >= 0.3 is 5.97 Å². The second-order valence-corrected chi connectivity index (χ2v) is 8.80. The molecular weight excluding hydrogens is 438 g/mol. The summed E-state index contributed by atoms with van der Waals surface area (Å²) >= 11 is 0. The van der Waals surface area contributed by atoms with E-state index in [1.165, 1.54) is 11.1 Å². The van der Waals surface area contributed by atoms with Crippen molar-refractivity contribution in [2.75, 3.05) is 6.54 Å². The Kier molecular flexibility index (Phi) is 7.93. The lowest BCUT2D eigenvalue weighted by Crippen LogP contribution is -2.25. The maximum atomic E-state index is 12.5. The summed E-state index contributed by atoms with van der Waals surface area (Å²) in [5.41, 5.74) is 4.80. The summed E-state index contributed by atoms with van der Waals surface area (Å²) in [6.07, 6.45) is 3.03. The predicted molar refractivity (Wildman–Crippen MR) is 138 cm³/mol. The molecule has 4 aromatic rings. The first-order valence-corrected chi connectivity index (χ1v) is 12.1. The van der Waals surface area contributed by atoms with Crippen LogP contribution in [0.15, 0.2) is 78.9 Å². The highest BCUT2D eigenvalue weighted by Gasteiger charge is 2.19. The number of rotatable bonds is 11. The highest BCUT2D eigenvalue weighted by atomic mass is 16.4. The first kappa shape index (κ1) is 24.2. The lowest BCUT2D eigenvalue weighted by molar-refractivity contribution is -0.136. The van der Waals surface area contributed by atoms with Crippen LogP contribution in [0.2, 0.25) is 0 Å². The number of nitrogens with one attached hydrogen (secondary N) is 1. The van der Waals surface area contributed by atoms with Crippen LogP contribution < -0.4 is 5.32 Å². The van der Waals surface area contributed by atoms with Gasteiger partial charge in [0.1, 0.15) is 5.82 Å². The Morgan fingerprint density at radius 2 is 1.69 bits per heavy atom. The molecule has 1 aromatic heterocycles. The molecule has 0 fully saturated rings. The number of aryl methyl sites for hydroxylation is 2. The van der Waals surface area contributed by atoms with Crippen LogP contribution in [0.1, 0.15) is 59.4 Å². The van der Waals surface area contributed by atoms with Crippen LogP contribution in [0.3, 0.4) is 0 Å². The molecule has 0 saturated carbocycles. The number of aromatic nitrogens is 2. The van der Waals surface area contributed by atoms with Gasteiger partial charge < -0.3 is 15.0 Å². The van der Waals surface area contributed by atoms with E-state index < -0.39 is 5.97 Å². The number of aliphatic carboxylic acids is 1. The number of hydrogen-bond acceptors (Lipinski definition) is 3. The molecule has 2 N–H and O–H groups in total. The molecule has 6 nitrogen and oxygen atoms in total. The quantitative estimate of drug-likeness (QED) is 0.288. The van der Waals surface area contributed by atoms with Crippen molar-refractivity contribution in [2.24, 2.45) is 0 Å². The van der Waals surface area contributed by atoms with Crippen molar-refractivity contribution in [3.63, 3.8) is 0 Å². The van der Waals surface area contributed by atoms with Gasteiger partial charge in [-0.3, -0.25) is 9.59 Å². The number of benzene rings is 3. The molecule has 1 unspecified atom stereocenters. The lowest BCUT2D eigenvalue weighted by atomic mass is 10.0. The van der Waals surface area contributed by atoms with Gasteiger partial charge in [-0.25, -0.2) is 4.98 Å². The number of hydrogen-bond donors (Lipinski definition) is 2. The van der Waals surface area contributed by atoms with E-state index in [1.807, 2.05) is 30.3 Å². The van der Waals surface area contributed by atoms with Crippen molar-refractivity contribution in [3.05, 3.63) is 101 Å². The van der Waals surface area contributed by atoms with Crippen molar-refractivity contribution in [2.45, 2.75) is 45.1 Å². The fourth-order valence-electron chi connectivity index (χ4n) is 4.37. The molecule has 0 saturated heterocycles. The minimum Gasteiger partial charge on any atom is -0.481 e. The Bertz CT molecular complexity index is 1280. The number of imidazole rings is 1. The maximum absolute atomic E-state index is 12.5. The second-order valence-electron chi connectivity index (χ2n) is 8.80. The summed E-state index contributed by atoms with van der Waals surface area (Å²) in [5, 5.41) is 11.5. The van der Waals surface area contributed by atoms with Crippen LogP contribution in [-0.4, -0.2) is 33.1 Å². The summed E-state index contributed by atoms with van der Waals surface area (Å²) in [6.45, 7) is 3.11.